The predicted octanol–water partition coefficient (Wildman–Crippen LogP) is -0.00180. The Kier molecular flexibility index (Phi) is 3.74. The first-order valence-corrected chi connectivity index (χ1v) is 8.74. The van der Waals surface area contributed by atoms with Gasteiger partial charge in [0.05, 0.1) is 11.8 Å². The molecule has 1 N–H and O–H groups in total. The number of amides is 2. The first kappa shape index (κ1) is 14.8. The molecule has 1 aromatic rings. The Hall–Kier alpha value is -2.15. The summed E-state index contributed by atoms with van der Waals surface area (Å²) in [6.45, 7) is 0.892. The first-order valence-electron chi connectivity index (χ1n) is 7.02. The van der Waals surface area contributed by atoms with Gasteiger partial charge in [-0.15, -0.1) is 0 Å². The van der Waals surface area contributed by atoms with Gasteiger partial charge >= 0.3 is 11.8 Å². The molecule has 0 aliphatic carbocycles. The molecule has 3 rings (SSSR count). The lowest BCUT2D eigenvalue weighted by Crippen LogP contribution is -2.48. The molecule has 0 unspecified atom stereocenters. The number of carbonyl (C=O) groups excluding carboxylic acids is 2. The van der Waals surface area contributed by atoms with Crippen molar-refractivity contribution < 1.29 is 18.0 Å². The highest BCUT2D eigenvalue weighted by atomic mass is 32.2. The molecular formula is C15H16N2O4S. The van der Waals surface area contributed by atoms with E-state index in [1.54, 1.807) is 0 Å². The molecule has 2 heterocycles. The molecule has 2 aliphatic rings. The molecule has 0 radical (unpaired) electrons. The summed E-state index contributed by atoms with van der Waals surface area (Å²) in [5.74, 6) is -1.56. The third kappa shape index (κ3) is 3.04. The molecule has 0 saturated carbocycles. The van der Waals surface area contributed by atoms with Gasteiger partial charge in [0.1, 0.15) is 0 Å². The van der Waals surface area contributed by atoms with E-state index in [0.717, 1.165) is 11.0 Å². The summed E-state index contributed by atoms with van der Waals surface area (Å²) >= 11 is 0. The lowest BCUT2D eigenvalue weighted by atomic mass is 10.00. The standard InChI is InChI=1S/C15H16N2O4S/c18-14(16-13-6-8-22(20,21)10-13)15(19)17-7-5-11-3-1-2-4-12(11)9-17/h1-4,6,8,13H,5,7,9-10H2,(H,16,18)/t13-/m0/s1. The van der Waals surface area contributed by atoms with Crippen LogP contribution < -0.4 is 5.32 Å². The second kappa shape index (κ2) is 5.57. The van der Waals surface area contributed by atoms with Crippen LogP contribution in [-0.4, -0.2) is 43.5 Å². The molecule has 116 valence electrons. The van der Waals surface area contributed by atoms with E-state index < -0.39 is 27.7 Å². The number of rotatable bonds is 1. The number of hydrogen-bond acceptors (Lipinski definition) is 4. The predicted molar refractivity (Wildman–Crippen MR) is 80.4 cm³/mol. The number of hydrogen-bond donors (Lipinski definition) is 1. The second-order valence-electron chi connectivity index (χ2n) is 5.48. The quantitative estimate of drug-likeness (QED) is 0.738. The van der Waals surface area contributed by atoms with Crippen molar-refractivity contribution in [2.45, 2.75) is 19.0 Å². The fraction of sp³-hybridized carbons (Fsp3) is 0.333. The monoisotopic (exact) mass is 320 g/mol. The molecule has 0 fully saturated rings. The smallest absolute Gasteiger partial charge is 0.312 e. The van der Waals surface area contributed by atoms with Crippen LogP contribution in [0.15, 0.2) is 35.7 Å². The summed E-state index contributed by atoms with van der Waals surface area (Å²) in [6.07, 6.45) is 2.11. The van der Waals surface area contributed by atoms with Crippen molar-refractivity contribution in [1.82, 2.24) is 10.2 Å². The van der Waals surface area contributed by atoms with Gasteiger partial charge in [0.15, 0.2) is 9.84 Å². The van der Waals surface area contributed by atoms with Crippen molar-refractivity contribution >= 4 is 21.7 Å². The van der Waals surface area contributed by atoms with E-state index in [1.165, 1.54) is 16.5 Å². The molecule has 0 saturated heterocycles. The number of carbonyl (C=O) groups is 2. The van der Waals surface area contributed by atoms with Crippen molar-refractivity contribution in [2.75, 3.05) is 12.3 Å². The van der Waals surface area contributed by atoms with Crippen molar-refractivity contribution in [1.29, 1.82) is 0 Å². The number of benzene rings is 1. The van der Waals surface area contributed by atoms with E-state index in [0.29, 0.717) is 19.5 Å². The molecule has 6 nitrogen and oxygen atoms in total. The Morgan fingerprint density at radius 1 is 1.18 bits per heavy atom. The summed E-state index contributed by atoms with van der Waals surface area (Å²) in [6, 6.07) is 7.19. The third-order valence-corrected chi connectivity index (χ3v) is 5.25. The Labute approximate surface area is 128 Å². The number of fused-ring (bicyclic) bond motifs is 1. The maximum atomic E-state index is 12.2. The highest BCUT2D eigenvalue weighted by Crippen LogP contribution is 2.18. The van der Waals surface area contributed by atoms with Gasteiger partial charge in [-0.05, 0) is 23.6 Å². The highest BCUT2D eigenvalue weighted by Gasteiger charge is 2.29. The molecule has 0 aromatic heterocycles. The SMILES string of the molecule is O=C(N[C@H]1C=CS(=O)(=O)C1)C(=O)N1CCc2ccccc2C1. The fourth-order valence-corrected chi connectivity index (χ4v) is 3.94. The average Bonchev–Trinajstić information content (AvgIpc) is 2.84. The van der Waals surface area contributed by atoms with Gasteiger partial charge in [-0.1, -0.05) is 24.3 Å². The number of sulfone groups is 1. The van der Waals surface area contributed by atoms with Crippen LogP contribution in [0.3, 0.4) is 0 Å². The zero-order valence-corrected chi connectivity index (χ0v) is 12.7. The van der Waals surface area contributed by atoms with Gasteiger partial charge in [0, 0.05) is 18.5 Å². The van der Waals surface area contributed by atoms with E-state index in [2.05, 4.69) is 5.32 Å². The van der Waals surface area contributed by atoms with Crippen LogP contribution in [0.2, 0.25) is 0 Å². The minimum atomic E-state index is -3.25. The summed E-state index contributed by atoms with van der Waals surface area (Å²) in [7, 11) is -3.25. The van der Waals surface area contributed by atoms with Crippen LogP contribution in [0, 0.1) is 0 Å². The Morgan fingerprint density at radius 3 is 2.59 bits per heavy atom. The van der Waals surface area contributed by atoms with Gasteiger partial charge in [-0.2, -0.15) is 0 Å². The second-order valence-corrected chi connectivity index (χ2v) is 7.41. The molecule has 0 bridgehead atoms. The molecule has 0 spiro atoms. The van der Waals surface area contributed by atoms with E-state index in [1.807, 2.05) is 24.3 Å². The van der Waals surface area contributed by atoms with E-state index >= 15 is 0 Å². The van der Waals surface area contributed by atoms with Crippen LogP contribution in [0.1, 0.15) is 11.1 Å². The van der Waals surface area contributed by atoms with Crippen molar-refractivity contribution in [3.63, 3.8) is 0 Å². The average molecular weight is 320 g/mol. The van der Waals surface area contributed by atoms with E-state index in [9.17, 15) is 18.0 Å². The Balaban J connectivity index is 1.63. The number of nitrogens with zero attached hydrogens (tertiary/aromatic N) is 1. The van der Waals surface area contributed by atoms with Crippen LogP contribution >= 0.6 is 0 Å². The van der Waals surface area contributed by atoms with E-state index in [4.69, 9.17) is 0 Å². The molecule has 22 heavy (non-hydrogen) atoms. The lowest BCUT2D eigenvalue weighted by Gasteiger charge is -2.28. The van der Waals surface area contributed by atoms with Crippen molar-refractivity contribution in [2.24, 2.45) is 0 Å². The molecule has 2 amide bonds. The Bertz CT molecular complexity index is 755. The maximum Gasteiger partial charge on any atom is 0.312 e. The normalized spacial score (nSPS) is 22.2. The van der Waals surface area contributed by atoms with Crippen LogP contribution in [0.5, 0.6) is 0 Å². The zero-order chi connectivity index (χ0) is 15.7. The molecular weight excluding hydrogens is 304 g/mol. The van der Waals surface area contributed by atoms with Crippen molar-refractivity contribution in [3.05, 3.63) is 46.9 Å². The van der Waals surface area contributed by atoms with Crippen LogP contribution in [0.25, 0.3) is 0 Å². The lowest BCUT2D eigenvalue weighted by molar-refractivity contribution is -0.146. The topological polar surface area (TPSA) is 83.5 Å². The fourth-order valence-electron chi connectivity index (χ4n) is 2.71. The summed E-state index contributed by atoms with van der Waals surface area (Å²) in [5.41, 5.74) is 2.23. The van der Waals surface area contributed by atoms with Crippen LogP contribution in [-0.2, 0) is 32.4 Å². The minimum absolute atomic E-state index is 0.186. The first-order chi connectivity index (χ1) is 10.4. The third-order valence-electron chi connectivity index (χ3n) is 3.86. The van der Waals surface area contributed by atoms with Crippen molar-refractivity contribution in [3.8, 4) is 0 Å². The molecule has 1 atom stereocenters. The van der Waals surface area contributed by atoms with Gasteiger partial charge in [-0.25, -0.2) is 8.42 Å². The molecule has 7 heteroatoms. The van der Waals surface area contributed by atoms with E-state index in [-0.39, 0.29) is 5.75 Å². The highest BCUT2D eigenvalue weighted by molar-refractivity contribution is 7.94. The number of nitrogens with one attached hydrogen (secondary N) is 1. The van der Waals surface area contributed by atoms with Gasteiger partial charge in [-0.3, -0.25) is 9.59 Å². The largest absolute Gasteiger partial charge is 0.341 e. The zero-order valence-electron chi connectivity index (χ0n) is 11.9. The van der Waals surface area contributed by atoms with Crippen LogP contribution in [0.4, 0.5) is 0 Å². The molecule has 2 aliphatic heterocycles. The van der Waals surface area contributed by atoms with Gasteiger partial charge in [0.2, 0.25) is 0 Å². The molecule has 1 aromatic carbocycles. The van der Waals surface area contributed by atoms with Gasteiger partial charge < -0.3 is 10.2 Å². The minimum Gasteiger partial charge on any atom is -0.341 e. The Morgan fingerprint density at radius 2 is 1.91 bits per heavy atom. The summed E-state index contributed by atoms with van der Waals surface area (Å²) < 4.78 is 22.6. The maximum absolute atomic E-state index is 12.2. The summed E-state index contributed by atoms with van der Waals surface area (Å²) in [4.78, 5) is 25.7. The van der Waals surface area contributed by atoms with Gasteiger partial charge in [0.25, 0.3) is 0 Å². The summed E-state index contributed by atoms with van der Waals surface area (Å²) in [5, 5.41) is 3.53.